The number of para-hydroxylation sites is 1. The van der Waals surface area contributed by atoms with E-state index >= 15 is 0 Å². The van der Waals surface area contributed by atoms with Crippen molar-refractivity contribution in [3.63, 3.8) is 0 Å². The quantitative estimate of drug-likeness (QED) is 0.872. The van der Waals surface area contributed by atoms with Gasteiger partial charge < -0.3 is 9.47 Å². The molecular weight excluding hydrogens is 278 g/mol. The van der Waals surface area contributed by atoms with Gasteiger partial charge in [0.2, 0.25) is 0 Å². The van der Waals surface area contributed by atoms with Gasteiger partial charge >= 0.3 is 0 Å². The Labute approximate surface area is 130 Å². The van der Waals surface area contributed by atoms with E-state index in [-0.39, 0.29) is 0 Å². The fourth-order valence-corrected chi connectivity index (χ4v) is 2.56. The van der Waals surface area contributed by atoms with Crippen LogP contribution in [0.5, 0.6) is 0 Å². The second-order valence-corrected chi connectivity index (χ2v) is 5.23. The third-order valence-corrected chi connectivity index (χ3v) is 3.61. The molecule has 2 aromatic rings. The maximum absolute atomic E-state index is 5.80. The van der Waals surface area contributed by atoms with Gasteiger partial charge in [-0.25, -0.2) is 9.67 Å². The van der Waals surface area contributed by atoms with Crippen molar-refractivity contribution in [1.29, 1.82) is 0 Å². The molecular formula is C17H21N3O2. The fraction of sp³-hybridized carbons (Fsp3) is 0.412. The van der Waals surface area contributed by atoms with Crippen molar-refractivity contribution in [3.05, 3.63) is 54.1 Å². The van der Waals surface area contributed by atoms with Crippen molar-refractivity contribution in [2.75, 3.05) is 13.2 Å². The molecule has 22 heavy (non-hydrogen) atoms. The number of hydrogen-bond acceptors (Lipinski definition) is 4. The lowest BCUT2D eigenvalue weighted by atomic mass is 10.1. The number of nitrogens with zero attached hydrogens (tertiary/aromatic N) is 3. The fourth-order valence-electron chi connectivity index (χ4n) is 2.56. The average molecular weight is 299 g/mol. The van der Waals surface area contributed by atoms with Gasteiger partial charge in [0.15, 0.2) is 0 Å². The molecule has 0 spiro atoms. The van der Waals surface area contributed by atoms with Gasteiger partial charge in [0.1, 0.15) is 0 Å². The van der Waals surface area contributed by atoms with Crippen molar-refractivity contribution < 1.29 is 9.47 Å². The highest BCUT2D eigenvalue weighted by molar-refractivity contribution is 5.29. The first-order valence-corrected chi connectivity index (χ1v) is 7.75. The lowest BCUT2D eigenvalue weighted by Gasteiger charge is -2.32. The van der Waals surface area contributed by atoms with E-state index in [9.17, 15) is 0 Å². The van der Waals surface area contributed by atoms with Gasteiger partial charge in [-0.15, -0.1) is 0 Å². The predicted octanol–water partition coefficient (Wildman–Crippen LogP) is 2.66. The predicted molar refractivity (Wildman–Crippen MR) is 83.3 cm³/mol. The van der Waals surface area contributed by atoms with Crippen LogP contribution in [-0.4, -0.2) is 28.9 Å². The number of hydrogen-bond donors (Lipinski definition) is 0. The normalized spacial score (nSPS) is 22.7. The summed E-state index contributed by atoms with van der Waals surface area (Å²) in [5.74, 6) is -0.840. The molecule has 1 aliphatic heterocycles. The molecule has 1 aliphatic rings. The van der Waals surface area contributed by atoms with E-state index in [2.05, 4.69) is 10.1 Å². The second kappa shape index (κ2) is 6.85. The smallest absolute Gasteiger partial charge is 0.269 e. The first-order valence-electron chi connectivity index (χ1n) is 7.75. The molecule has 0 bridgehead atoms. The molecule has 1 unspecified atom stereocenters. The molecule has 3 rings (SSSR count). The summed E-state index contributed by atoms with van der Waals surface area (Å²) in [5.41, 5.74) is 1.02. The van der Waals surface area contributed by atoms with E-state index in [0.29, 0.717) is 13.2 Å². The Hall–Kier alpha value is -1.98. The lowest BCUT2D eigenvalue weighted by molar-refractivity contribution is -0.249. The average Bonchev–Trinajstić information content (AvgIpc) is 2.57. The third kappa shape index (κ3) is 3.43. The molecule has 1 saturated heterocycles. The Morgan fingerprint density at radius 1 is 1.27 bits per heavy atom. The molecule has 1 aromatic carbocycles. The van der Waals surface area contributed by atoms with Gasteiger partial charge in [-0.2, -0.15) is 5.10 Å². The van der Waals surface area contributed by atoms with Crippen LogP contribution >= 0.6 is 0 Å². The summed E-state index contributed by atoms with van der Waals surface area (Å²) in [6, 6.07) is 11.9. The van der Waals surface area contributed by atoms with Crippen molar-refractivity contribution in [2.24, 2.45) is 4.99 Å². The van der Waals surface area contributed by atoms with Gasteiger partial charge in [-0.1, -0.05) is 18.2 Å². The Balaban J connectivity index is 1.87. The Kier molecular flexibility index (Phi) is 4.65. The van der Waals surface area contributed by atoms with Crippen molar-refractivity contribution in [2.45, 2.75) is 32.1 Å². The van der Waals surface area contributed by atoms with E-state index in [4.69, 9.17) is 9.47 Å². The maximum Gasteiger partial charge on any atom is 0.269 e. The molecule has 1 aromatic heterocycles. The molecule has 5 heteroatoms. The van der Waals surface area contributed by atoms with Crippen LogP contribution in [0.2, 0.25) is 0 Å². The lowest BCUT2D eigenvalue weighted by Crippen LogP contribution is -2.39. The summed E-state index contributed by atoms with van der Waals surface area (Å²) in [6.45, 7) is 3.23. The molecule has 2 heterocycles. The summed E-state index contributed by atoms with van der Waals surface area (Å²) in [7, 11) is 0. The van der Waals surface area contributed by atoms with E-state index in [1.165, 1.54) is 0 Å². The maximum atomic E-state index is 5.80. The van der Waals surface area contributed by atoms with Crippen LogP contribution in [0.25, 0.3) is 5.69 Å². The van der Waals surface area contributed by atoms with E-state index in [1.54, 1.807) is 6.20 Å². The largest absolute Gasteiger partial charge is 0.332 e. The van der Waals surface area contributed by atoms with Crippen LogP contribution in [0, 0.1) is 0 Å². The van der Waals surface area contributed by atoms with Crippen molar-refractivity contribution in [1.82, 2.24) is 9.78 Å². The molecule has 0 N–H and O–H groups in total. The molecule has 0 amide bonds. The van der Waals surface area contributed by atoms with E-state index in [1.807, 2.05) is 54.2 Å². The number of benzene rings is 1. The SMILES string of the molecule is CCOC1(N=c2ccn(-c3ccccc3)nc2)CCCCO1. The zero-order chi connectivity index (χ0) is 15.3. The zero-order valence-electron chi connectivity index (χ0n) is 12.8. The van der Waals surface area contributed by atoms with Gasteiger partial charge in [-0.05, 0) is 38.0 Å². The molecule has 0 saturated carbocycles. The molecule has 1 fully saturated rings. The standard InChI is InChI=1S/C17H21N3O2/c1-2-21-17(11-6-7-13-22-17)19-15-10-12-20(18-14-15)16-8-4-3-5-9-16/h3-5,8-10,12,14H,2,6-7,11,13H2,1H3. The van der Waals surface area contributed by atoms with Crippen LogP contribution in [-0.2, 0) is 9.47 Å². The summed E-state index contributed by atoms with van der Waals surface area (Å²) in [5, 5.41) is 5.18. The van der Waals surface area contributed by atoms with Crippen LogP contribution in [0.15, 0.2) is 53.8 Å². The number of ether oxygens (including phenoxy) is 2. The van der Waals surface area contributed by atoms with Crippen LogP contribution in [0.4, 0.5) is 0 Å². The van der Waals surface area contributed by atoms with Gasteiger partial charge in [0, 0.05) is 19.2 Å². The van der Waals surface area contributed by atoms with Crippen LogP contribution < -0.4 is 5.36 Å². The first kappa shape index (κ1) is 14.9. The van der Waals surface area contributed by atoms with Crippen molar-refractivity contribution >= 4 is 0 Å². The number of aromatic nitrogens is 2. The monoisotopic (exact) mass is 299 g/mol. The van der Waals surface area contributed by atoms with Gasteiger partial charge in [-0.3, -0.25) is 0 Å². The summed E-state index contributed by atoms with van der Waals surface area (Å²) >= 11 is 0. The highest BCUT2D eigenvalue weighted by Crippen LogP contribution is 2.27. The second-order valence-electron chi connectivity index (χ2n) is 5.23. The zero-order valence-corrected chi connectivity index (χ0v) is 12.8. The summed E-state index contributed by atoms with van der Waals surface area (Å²) in [6.07, 6.45) is 6.55. The number of rotatable bonds is 4. The molecule has 0 aliphatic carbocycles. The Morgan fingerprint density at radius 3 is 2.77 bits per heavy atom. The minimum Gasteiger partial charge on any atom is -0.332 e. The summed E-state index contributed by atoms with van der Waals surface area (Å²) < 4.78 is 13.4. The van der Waals surface area contributed by atoms with Crippen LogP contribution in [0.1, 0.15) is 26.2 Å². The minimum atomic E-state index is -0.840. The minimum absolute atomic E-state index is 0.577. The molecule has 1 atom stereocenters. The third-order valence-electron chi connectivity index (χ3n) is 3.61. The van der Waals surface area contributed by atoms with Gasteiger partial charge in [0.05, 0.1) is 23.8 Å². The molecule has 5 nitrogen and oxygen atoms in total. The Morgan fingerprint density at radius 2 is 2.14 bits per heavy atom. The van der Waals surface area contributed by atoms with Crippen LogP contribution in [0.3, 0.4) is 0 Å². The van der Waals surface area contributed by atoms with Crippen molar-refractivity contribution in [3.8, 4) is 5.69 Å². The first-order chi connectivity index (χ1) is 10.8. The molecule has 0 radical (unpaired) electrons. The molecule has 116 valence electrons. The topological polar surface area (TPSA) is 48.6 Å². The highest BCUT2D eigenvalue weighted by Gasteiger charge is 2.33. The Bertz CT molecular complexity index is 635. The highest BCUT2D eigenvalue weighted by atomic mass is 16.7. The summed E-state index contributed by atoms with van der Waals surface area (Å²) in [4.78, 5) is 4.65. The van der Waals surface area contributed by atoms with E-state index in [0.717, 1.165) is 30.3 Å². The van der Waals surface area contributed by atoms with Gasteiger partial charge in [0.25, 0.3) is 5.91 Å². The van der Waals surface area contributed by atoms with E-state index < -0.39 is 5.91 Å².